The summed E-state index contributed by atoms with van der Waals surface area (Å²) < 4.78 is 12.4. The van der Waals surface area contributed by atoms with Gasteiger partial charge in [-0.05, 0) is 37.6 Å². The van der Waals surface area contributed by atoms with Crippen molar-refractivity contribution in [2.75, 3.05) is 6.61 Å². The number of benzene rings is 3. The minimum atomic E-state index is -0.319. The molecule has 0 amide bonds. The van der Waals surface area contributed by atoms with E-state index in [1.807, 2.05) is 37.3 Å². The lowest BCUT2D eigenvalue weighted by Gasteiger charge is -2.38. The highest BCUT2D eigenvalue weighted by atomic mass is 16.5. The molecule has 0 aliphatic carbocycles. The molecule has 3 aromatic carbocycles. The highest BCUT2D eigenvalue weighted by Gasteiger charge is 2.41. The van der Waals surface area contributed by atoms with E-state index in [9.17, 15) is 0 Å². The van der Waals surface area contributed by atoms with Crippen LogP contribution in [0.4, 0.5) is 0 Å². The molecular weight excluding hydrogens is 360 g/mol. The second-order valence-electron chi connectivity index (χ2n) is 7.49. The van der Waals surface area contributed by atoms with Crippen molar-refractivity contribution in [3.63, 3.8) is 0 Å². The first-order valence-electron chi connectivity index (χ1n) is 10.1. The highest BCUT2D eigenvalue weighted by molar-refractivity contribution is 6.02. The fourth-order valence-corrected chi connectivity index (χ4v) is 4.13. The molecule has 0 unspecified atom stereocenters. The number of hydrazone groups is 1. The largest absolute Gasteiger partial charge is 0.493 e. The predicted octanol–water partition coefficient (Wildman–Crippen LogP) is 5.64. The van der Waals surface area contributed by atoms with E-state index in [0.717, 1.165) is 29.2 Å². The van der Waals surface area contributed by atoms with Crippen molar-refractivity contribution in [2.45, 2.75) is 32.5 Å². The summed E-state index contributed by atoms with van der Waals surface area (Å²) in [4.78, 5) is 0. The summed E-state index contributed by atoms with van der Waals surface area (Å²) in [6.07, 6.45) is 0.539. The van der Waals surface area contributed by atoms with Crippen molar-refractivity contribution in [1.29, 1.82) is 0 Å². The molecule has 5 rings (SSSR count). The fraction of sp³-hybridized carbons (Fsp3) is 0.240. The number of fused-ring (bicyclic) bond motifs is 3. The van der Waals surface area contributed by atoms with Gasteiger partial charge in [0, 0.05) is 12.0 Å². The molecule has 0 N–H and O–H groups in total. The first kappa shape index (κ1) is 17.8. The summed E-state index contributed by atoms with van der Waals surface area (Å²) in [6.45, 7) is 4.72. The molecule has 146 valence electrons. The summed E-state index contributed by atoms with van der Waals surface area (Å²) in [6, 6.07) is 25.1. The Hall–Kier alpha value is -3.27. The molecule has 2 heterocycles. The van der Waals surface area contributed by atoms with E-state index < -0.39 is 0 Å². The topological polar surface area (TPSA) is 34.1 Å². The van der Waals surface area contributed by atoms with E-state index in [2.05, 4.69) is 54.4 Å². The number of nitrogens with zero attached hydrogens (tertiary/aromatic N) is 2. The molecule has 0 aromatic heterocycles. The molecule has 2 aliphatic rings. The highest BCUT2D eigenvalue weighted by Crippen LogP contribution is 2.48. The Bertz CT molecular complexity index is 1060. The number of aryl methyl sites for hydroxylation is 1. The van der Waals surface area contributed by atoms with Gasteiger partial charge in [-0.2, -0.15) is 5.10 Å². The van der Waals surface area contributed by atoms with Crippen LogP contribution in [0.25, 0.3) is 0 Å². The van der Waals surface area contributed by atoms with Gasteiger partial charge in [-0.3, -0.25) is 0 Å². The Morgan fingerprint density at radius 3 is 2.48 bits per heavy atom. The molecule has 3 aromatic rings. The maximum atomic E-state index is 6.46. The third kappa shape index (κ3) is 3.15. The lowest BCUT2D eigenvalue weighted by Crippen LogP contribution is -2.34. The van der Waals surface area contributed by atoms with E-state index in [0.29, 0.717) is 6.61 Å². The minimum Gasteiger partial charge on any atom is -0.493 e. The smallest absolute Gasteiger partial charge is 0.217 e. The van der Waals surface area contributed by atoms with E-state index in [1.54, 1.807) is 0 Å². The third-order valence-corrected chi connectivity index (χ3v) is 5.57. The van der Waals surface area contributed by atoms with Gasteiger partial charge in [-0.15, -0.1) is 0 Å². The first-order chi connectivity index (χ1) is 14.2. The second-order valence-corrected chi connectivity index (χ2v) is 7.49. The fourth-order valence-electron chi connectivity index (χ4n) is 4.13. The number of para-hydroxylation sites is 2. The van der Waals surface area contributed by atoms with Crippen molar-refractivity contribution >= 4 is 5.71 Å². The molecule has 4 heteroatoms. The van der Waals surface area contributed by atoms with Gasteiger partial charge in [0.2, 0.25) is 6.23 Å². The molecule has 2 aliphatic heterocycles. The zero-order chi connectivity index (χ0) is 19.8. The van der Waals surface area contributed by atoms with Gasteiger partial charge < -0.3 is 9.47 Å². The summed E-state index contributed by atoms with van der Waals surface area (Å²) in [5.41, 5.74) is 5.70. The molecule has 0 bridgehead atoms. The average Bonchev–Trinajstić information content (AvgIpc) is 3.20. The van der Waals surface area contributed by atoms with E-state index in [-0.39, 0.29) is 12.3 Å². The molecular formula is C25H24N2O2. The first-order valence-corrected chi connectivity index (χ1v) is 10.1. The zero-order valence-electron chi connectivity index (χ0n) is 16.7. The molecule has 2 atom stereocenters. The lowest BCUT2D eigenvalue weighted by molar-refractivity contribution is -0.0205. The number of hydrogen-bond acceptors (Lipinski definition) is 4. The van der Waals surface area contributed by atoms with Gasteiger partial charge in [-0.25, -0.2) is 5.01 Å². The summed E-state index contributed by atoms with van der Waals surface area (Å²) in [7, 11) is 0. The Labute approximate surface area is 171 Å². The molecule has 29 heavy (non-hydrogen) atoms. The van der Waals surface area contributed by atoms with Gasteiger partial charge in [-0.1, -0.05) is 60.2 Å². The Balaban J connectivity index is 1.60. The van der Waals surface area contributed by atoms with Crippen LogP contribution in [0.15, 0.2) is 77.9 Å². The van der Waals surface area contributed by atoms with Crippen molar-refractivity contribution in [3.05, 3.63) is 95.1 Å². The SMILES string of the molecule is CCOc1ccccc1[C@@H]1Oc2ccccc2[C@H]2CC(c3ccc(C)cc3)=NN21. The van der Waals surface area contributed by atoms with Crippen LogP contribution >= 0.6 is 0 Å². The van der Waals surface area contributed by atoms with Crippen molar-refractivity contribution < 1.29 is 9.47 Å². The normalized spacial score (nSPS) is 19.8. The summed E-state index contributed by atoms with van der Waals surface area (Å²) >= 11 is 0. The maximum absolute atomic E-state index is 6.46. The van der Waals surface area contributed by atoms with Crippen LogP contribution in [0.3, 0.4) is 0 Å². The average molecular weight is 384 g/mol. The van der Waals surface area contributed by atoms with Crippen LogP contribution in [0, 0.1) is 6.92 Å². The van der Waals surface area contributed by atoms with E-state index >= 15 is 0 Å². The monoisotopic (exact) mass is 384 g/mol. The molecule has 4 nitrogen and oxygen atoms in total. The second kappa shape index (κ2) is 7.28. The van der Waals surface area contributed by atoms with Crippen LogP contribution in [0.5, 0.6) is 11.5 Å². The molecule has 0 saturated heterocycles. The summed E-state index contributed by atoms with van der Waals surface area (Å²) in [5, 5.41) is 7.14. The number of hydrogen-bond donors (Lipinski definition) is 0. The Kier molecular flexibility index (Phi) is 4.47. The lowest BCUT2D eigenvalue weighted by atomic mass is 9.95. The van der Waals surface area contributed by atoms with Crippen molar-refractivity contribution in [1.82, 2.24) is 5.01 Å². The van der Waals surface area contributed by atoms with Gasteiger partial charge in [0.25, 0.3) is 0 Å². The standard InChI is InChI=1S/C25H24N2O2/c1-3-28-23-10-6-5-9-20(23)25-27-22(19-8-4-7-11-24(19)29-25)16-21(26-27)18-14-12-17(2)13-15-18/h4-15,22,25H,3,16H2,1-2H3/t22-,25+/m1/s1. The maximum Gasteiger partial charge on any atom is 0.217 e. The number of ether oxygens (including phenoxy) is 2. The van der Waals surface area contributed by atoms with Crippen LogP contribution in [0.1, 0.15) is 47.9 Å². The van der Waals surface area contributed by atoms with Gasteiger partial charge >= 0.3 is 0 Å². The van der Waals surface area contributed by atoms with Gasteiger partial charge in [0.1, 0.15) is 11.5 Å². The molecule has 0 radical (unpaired) electrons. The molecule has 0 spiro atoms. The van der Waals surface area contributed by atoms with Crippen molar-refractivity contribution in [2.24, 2.45) is 5.10 Å². The molecule has 0 saturated carbocycles. The van der Waals surface area contributed by atoms with Crippen LogP contribution in [0.2, 0.25) is 0 Å². The quantitative estimate of drug-likeness (QED) is 0.584. The van der Waals surface area contributed by atoms with Gasteiger partial charge in [0.15, 0.2) is 0 Å². The Morgan fingerprint density at radius 1 is 0.966 bits per heavy atom. The Morgan fingerprint density at radius 2 is 1.69 bits per heavy atom. The third-order valence-electron chi connectivity index (χ3n) is 5.57. The number of rotatable bonds is 4. The van der Waals surface area contributed by atoms with Crippen molar-refractivity contribution in [3.8, 4) is 11.5 Å². The van der Waals surface area contributed by atoms with E-state index in [4.69, 9.17) is 14.6 Å². The van der Waals surface area contributed by atoms with Gasteiger partial charge in [0.05, 0.1) is 23.9 Å². The summed E-state index contributed by atoms with van der Waals surface area (Å²) in [5.74, 6) is 1.77. The van der Waals surface area contributed by atoms with E-state index in [1.165, 1.54) is 16.7 Å². The van der Waals surface area contributed by atoms with Crippen LogP contribution < -0.4 is 9.47 Å². The molecule has 0 fully saturated rings. The zero-order valence-corrected chi connectivity index (χ0v) is 16.7. The van der Waals surface area contributed by atoms with Crippen LogP contribution in [-0.4, -0.2) is 17.3 Å². The van der Waals surface area contributed by atoms with Crippen LogP contribution in [-0.2, 0) is 0 Å². The minimum absolute atomic E-state index is 0.149. The predicted molar refractivity (Wildman–Crippen MR) is 114 cm³/mol.